The Bertz CT molecular complexity index is 2390. The largest absolute Gasteiger partial charge is 0.295 e. The van der Waals surface area contributed by atoms with Crippen LogP contribution >= 0.6 is 0 Å². The average Bonchev–Trinajstić information content (AvgIpc) is 3.33. The molecule has 6 aromatic rings. The summed E-state index contributed by atoms with van der Waals surface area (Å²) in [6, 6.07) is 48.8. The molecule has 0 radical (unpaired) electrons. The van der Waals surface area contributed by atoms with Crippen molar-refractivity contribution in [3.63, 3.8) is 0 Å². The van der Waals surface area contributed by atoms with Crippen LogP contribution in [0.4, 0.5) is 0 Å². The molecule has 0 aliphatic carbocycles. The summed E-state index contributed by atoms with van der Waals surface area (Å²) >= 11 is 0. The van der Waals surface area contributed by atoms with Crippen molar-refractivity contribution in [3.8, 4) is 0 Å². The van der Waals surface area contributed by atoms with Gasteiger partial charge in [0.05, 0.1) is 34.2 Å². The fourth-order valence-corrected chi connectivity index (χ4v) is 9.83. The van der Waals surface area contributed by atoms with Crippen molar-refractivity contribution in [2.24, 2.45) is 0 Å². The van der Waals surface area contributed by atoms with E-state index in [0.717, 1.165) is 132 Å². The van der Waals surface area contributed by atoms with E-state index < -0.39 is 0 Å². The van der Waals surface area contributed by atoms with Gasteiger partial charge in [0.1, 0.15) is 0 Å². The fourth-order valence-electron chi connectivity index (χ4n) is 9.83. The number of nitrogens with zero attached hydrogens (tertiary/aromatic N) is 9. The molecule has 0 saturated carbocycles. The molecule has 3 aromatic carbocycles. The number of rotatable bonds is 7. The minimum absolute atomic E-state index is 0.395. The lowest BCUT2D eigenvalue weighted by Gasteiger charge is -2.29. The van der Waals surface area contributed by atoms with Gasteiger partial charge in [-0.2, -0.15) is 0 Å². The highest BCUT2D eigenvalue weighted by atomic mass is 15.2. The zero-order chi connectivity index (χ0) is 50.3. The summed E-state index contributed by atoms with van der Waals surface area (Å²) in [4.78, 5) is 30.3. The van der Waals surface area contributed by atoms with Crippen molar-refractivity contribution in [2.45, 2.75) is 178 Å². The molecule has 12 bridgehead atoms. The highest BCUT2D eigenvalue weighted by molar-refractivity contribution is 5.28. The lowest BCUT2D eigenvalue weighted by Crippen LogP contribution is -2.32. The van der Waals surface area contributed by atoms with Gasteiger partial charge in [-0.3, -0.25) is 44.4 Å². The first-order valence-corrected chi connectivity index (χ1v) is 26.8. The first kappa shape index (κ1) is 53.7. The summed E-state index contributed by atoms with van der Waals surface area (Å²) in [5.41, 5.74) is 15.1. The van der Waals surface area contributed by atoms with E-state index in [1.54, 1.807) is 0 Å². The Labute approximate surface area is 429 Å². The first-order valence-electron chi connectivity index (χ1n) is 26.8. The summed E-state index contributed by atoms with van der Waals surface area (Å²) in [6.07, 6.45) is 1.10. The van der Waals surface area contributed by atoms with Crippen LogP contribution in [0.1, 0.15) is 143 Å². The number of benzene rings is 3. The highest BCUT2D eigenvalue weighted by Crippen LogP contribution is 2.22. The first-order chi connectivity index (χ1) is 34.3. The smallest absolute Gasteiger partial charge is 0.0548 e. The van der Waals surface area contributed by atoms with Crippen LogP contribution in [0.2, 0.25) is 0 Å². The molecule has 0 atom stereocenters. The Morgan fingerprint density at radius 3 is 0.845 bits per heavy atom. The lowest BCUT2D eigenvalue weighted by molar-refractivity contribution is 0.191. The van der Waals surface area contributed by atoms with E-state index in [2.05, 4.69) is 226 Å². The minimum atomic E-state index is 0.395. The zero-order valence-electron chi connectivity index (χ0n) is 45.1. The second-order valence-electron chi connectivity index (χ2n) is 21.3. The van der Waals surface area contributed by atoms with Gasteiger partial charge in [0.2, 0.25) is 0 Å². The van der Waals surface area contributed by atoms with Crippen molar-refractivity contribution in [1.82, 2.24) is 44.4 Å². The Kier molecular flexibility index (Phi) is 20.1. The Balaban J connectivity index is 0.000000209. The molecule has 8 rings (SSSR count). The van der Waals surface area contributed by atoms with E-state index in [1.165, 1.54) is 33.4 Å². The van der Waals surface area contributed by atoms with Crippen LogP contribution < -0.4 is 0 Å². The molecule has 5 heterocycles. The Morgan fingerprint density at radius 1 is 0.324 bits per heavy atom. The van der Waals surface area contributed by atoms with Gasteiger partial charge in [0, 0.05) is 103 Å². The van der Waals surface area contributed by atoms with E-state index in [-0.39, 0.29) is 0 Å². The summed E-state index contributed by atoms with van der Waals surface area (Å²) in [5, 5.41) is 0. The van der Waals surface area contributed by atoms with E-state index in [4.69, 9.17) is 15.0 Å². The molecule has 2 aliphatic rings. The average molecular weight is 956 g/mol. The third-order valence-corrected chi connectivity index (χ3v) is 14.1. The van der Waals surface area contributed by atoms with Gasteiger partial charge < -0.3 is 0 Å². The number of aromatic nitrogens is 3. The SMILES string of the molecule is CCCN1Cc2cccc(n2)CN(C(C)C)Cc2cccc(n2)CN(C(C)C)Cc2cccc(n2)C1.CCN1Cc2cccc(c2)CN(C(C)C)Cc2cccc(c2)CN(C(C)C)Cc2cccc(c2)C1. The molecule has 0 amide bonds. The minimum Gasteiger partial charge on any atom is -0.295 e. The van der Waals surface area contributed by atoms with Gasteiger partial charge in [0.15, 0.2) is 0 Å². The molecule has 0 spiro atoms. The number of fused-ring (bicyclic) bond motifs is 12. The molecule has 0 fully saturated rings. The maximum absolute atomic E-state index is 5.06. The van der Waals surface area contributed by atoms with Gasteiger partial charge in [-0.1, -0.05) is 105 Å². The third kappa shape index (κ3) is 16.7. The van der Waals surface area contributed by atoms with Crippen LogP contribution in [-0.2, 0) is 78.5 Å². The van der Waals surface area contributed by atoms with E-state index in [1.807, 2.05) is 0 Å². The standard InChI is InChI=1S/C32H43N3.C30H42N6/c1-6-33-19-27-10-7-12-29(16-27)21-34(25(2)3)23-31-14-9-15-32(18-31)24-35(26(4)5)22-30-13-8-11-28(17-30)20-33;1-6-16-34-17-25-10-7-12-27(31-25)19-35(23(2)3)21-29-14-9-15-30(33-29)22-36(24(4)5)20-28-13-8-11-26(18-34)32-28/h7-18,25-26H,6,19-24H2,1-5H3;7-15,23-24H,6,16-22H2,1-5H3. The molecule has 0 unspecified atom stereocenters. The summed E-state index contributed by atoms with van der Waals surface area (Å²) in [5.74, 6) is 0. The van der Waals surface area contributed by atoms with Crippen LogP contribution in [0.3, 0.4) is 0 Å². The van der Waals surface area contributed by atoms with Gasteiger partial charge in [0.25, 0.3) is 0 Å². The quantitative estimate of drug-likeness (QED) is 0.156. The summed E-state index contributed by atoms with van der Waals surface area (Å²) < 4.78 is 0. The van der Waals surface area contributed by atoms with Crippen LogP contribution in [-0.4, -0.2) is 81.6 Å². The molecule has 0 N–H and O–H groups in total. The molecule has 9 nitrogen and oxygen atoms in total. The topological polar surface area (TPSA) is 58.1 Å². The maximum atomic E-state index is 5.06. The van der Waals surface area contributed by atoms with Crippen molar-refractivity contribution < 1.29 is 0 Å². The Morgan fingerprint density at radius 2 is 0.577 bits per heavy atom. The molecule has 378 valence electrons. The van der Waals surface area contributed by atoms with Crippen molar-refractivity contribution in [1.29, 1.82) is 0 Å². The highest BCUT2D eigenvalue weighted by Gasteiger charge is 2.20. The van der Waals surface area contributed by atoms with Gasteiger partial charge in [-0.25, -0.2) is 0 Å². The maximum Gasteiger partial charge on any atom is 0.0548 e. The molecule has 9 heteroatoms. The zero-order valence-corrected chi connectivity index (χ0v) is 45.1. The lowest BCUT2D eigenvalue weighted by atomic mass is 10.0. The second-order valence-corrected chi connectivity index (χ2v) is 21.3. The number of hydrogen-bond donors (Lipinski definition) is 0. The molecule has 2 aliphatic heterocycles. The predicted molar refractivity (Wildman–Crippen MR) is 294 cm³/mol. The monoisotopic (exact) mass is 956 g/mol. The predicted octanol–water partition coefficient (Wildman–Crippen LogP) is 12.3. The number of hydrogen-bond acceptors (Lipinski definition) is 9. The molecule has 0 saturated heterocycles. The van der Waals surface area contributed by atoms with Crippen LogP contribution in [0.5, 0.6) is 0 Å². The van der Waals surface area contributed by atoms with E-state index >= 15 is 0 Å². The van der Waals surface area contributed by atoms with E-state index in [9.17, 15) is 0 Å². The molecule has 3 aromatic heterocycles. The normalized spacial score (nSPS) is 16.8. The summed E-state index contributed by atoms with van der Waals surface area (Å²) in [6.45, 7) is 35.6. The second kappa shape index (κ2) is 26.5. The third-order valence-electron chi connectivity index (χ3n) is 14.1. The van der Waals surface area contributed by atoms with Crippen molar-refractivity contribution in [2.75, 3.05) is 13.1 Å². The van der Waals surface area contributed by atoms with Crippen LogP contribution in [0, 0.1) is 0 Å². The number of pyridine rings is 3. The molecular weight excluding hydrogens is 871 g/mol. The van der Waals surface area contributed by atoms with Gasteiger partial charge in [-0.15, -0.1) is 0 Å². The molecular formula is C62H85N9. The van der Waals surface area contributed by atoms with Crippen LogP contribution in [0.15, 0.2) is 127 Å². The molecule has 71 heavy (non-hydrogen) atoms. The van der Waals surface area contributed by atoms with Crippen LogP contribution in [0.25, 0.3) is 0 Å². The van der Waals surface area contributed by atoms with Gasteiger partial charge >= 0.3 is 0 Å². The van der Waals surface area contributed by atoms with E-state index in [0.29, 0.717) is 24.2 Å². The van der Waals surface area contributed by atoms with Crippen molar-refractivity contribution >= 4 is 0 Å². The fraction of sp³-hybridized carbons (Fsp3) is 0.468. The summed E-state index contributed by atoms with van der Waals surface area (Å²) in [7, 11) is 0. The van der Waals surface area contributed by atoms with Gasteiger partial charge in [-0.05, 0) is 145 Å². The Hall–Kier alpha value is -5.13. The van der Waals surface area contributed by atoms with Crippen molar-refractivity contribution in [3.05, 3.63) is 195 Å².